The highest BCUT2D eigenvalue weighted by Gasteiger charge is 2.23. The number of aryl methyl sites for hydroxylation is 2. The van der Waals surface area contributed by atoms with Crippen LogP contribution in [0, 0.1) is 13.8 Å². The Labute approximate surface area is 261 Å². The number of rotatable bonds is 17. The minimum absolute atomic E-state index is 0.0275. The summed E-state index contributed by atoms with van der Waals surface area (Å²) in [5, 5.41) is 1.38. The van der Waals surface area contributed by atoms with Crippen molar-refractivity contribution in [1.82, 2.24) is 0 Å². The van der Waals surface area contributed by atoms with E-state index in [4.69, 9.17) is 23.2 Å². The minimum Gasteiger partial charge on any atom is -0.371 e. The normalized spacial score (nSPS) is 11.3. The van der Waals surface area contributed by atoms with Crippen molar-refractivity contribution in [2.24, 2.45) is 0 Å². The molecule has 0 aromatic heterocycles. The number of benzene rings is 3. The predicted molar refractivity (Wildman–Crippen MR) is 184 cm³/mol. The number of halogens is 2. The van der Waals surface area contributed by atoms with Crippen LogP contribution in [0.3, 0.4) is 0 Å². The van der Waals surface area contributed by atoms with E-state index in [0.29, 0.717) is 10.0 Å². The molecule has 0 aliphatic rings. The molecule has 4 heteroatoms. The highest BCUT2D eigenvalue weighted by molar-refractivity contribution is 6.35. The molecule has 0 unspecified atom stereocenters. The zero-order chi connectivity index (χ0) is 29.8. The van der Waals surface area contributed by atoms with Crippen LogP contribution in [-0.2, 0) is 0 Å². The average Bonchev–Trinajstić information content (AvgIpc) is 2.95. The third-order valence-electron chi connectivity index (χ3n) is 8.19. The molecular weight excluding hydrogens is 543 g/mol. The molecule has 0 aliphatic carbocycles. The lowest BCUT2D eigenvalue weighted by molar-refractivity contribution is 0.676. The second-order valence-corrected chi connectivity index (χ2v) is 12.4. The number of anilines is 2. The maximum atomic E-state index is 6.89. The van der Waals surface area contributed by atoms with Crippen molar-refractivity contribution in [1.29, 1.82) is 0 Å². The molecule has 0 atom stereocenters. The first-order valence-corrected chi connectivity index (χ1v) is 16.8. The molecule has 0 heterocycles. The second-order valence-electron chi connectivity index (χ2n) is 11.6. The highest BCUT2D eigenvalue weighted by Crippen LogP contribution is 2.40. The topological polar surface area (TPSA) is 6.48 Å². The van der Waals surface area contributed by atoms with E-state index >= 15 is 0 Å². The van der Waals surface area contributed by atoms with Gasteiger partial charge in [-0.2, -0.15) is 0 Å². The van der Waals surface area contributed by atoms with Gasteiger partial charge in [0.25, 0.3) is 0 Å². The molecule has 2 nitrogen and oxygen atoms in total. The van der Waals surface area contributed by atoms with Gasteiger partial charge in [-0.3, -0.25) is 0 Å². The van der Waals surface area contributed by atoms with Gasteiger partial charge in [-0.05, 0) is 91.6 Å². The van der Waals surface area contributed by atoms with Crippen LogP contribution < -0.4 is 9.80 Å². The predicted octanol–water partition coefficient (Wildman–Crippen LogP) is 11.6. The van der Waals surface area contributed by atoms with Gasteiger partial charge < -0.3 is 9.80 Å². The molecule has 0 aliphatic heterocycles. The van der Waals surface area contributed by atoms with Crippen molar-refractivity contribution < 1.29 is 0 Å². The van der Waals surface area contributed by atoms with E-state index in [2.05, 4.69) is 93.8 Å². The van der Waals surface area contributed by atoms with Gasteiger partial charge in [0.2, 0.25) is 0 Å². The Morgan fingerprint density at radius 2 is 0.976 bits per heavy atom. The van der Waals surface area contributed by atoms with Gasteiger partial charge in [-0.1, -0.05) is 107 Å². The lowest BCUT2D eigenvalue weighted by atomic mass is 9.83. The quantitative estimate of drug-likeness (QED) is 0.143. The molecule has 41 heavy (non-hydrogen) atoms. The number of hydrogen-bond acceptors (Lipinski definition) is 2. The lowest BCUT2D eigenvalue weighted by Crippen LogP contribution is -2.26. The van der Waals surface area contributed by atoms with Crippen molar-refractivity contribution in [3.63, 3.8) is 0 Å². The van der Waals surface area contributed by atoms with E-state index < -0.39 is 0 Å². The second kappa shape index (κ2) is 17.1. The molecule has 3 aromatic rings. The number of hydrogen-bond donors (Lipinski definition) is 0. The summed E-state index contributed by atoms with van der Waals surface area (Å²) in [6.45, 7) is 18.0. The van der Waals surface area contributed by atoms with Crippen molar-refractivity contribution in [3.05, 3.63) is 92.5 Å². The summed E-state index contributed by atoms with van der Waals surface area (Å²) in [6.07, 6.45) is 9.70. The van der Waals surface area contributed by atoms with Crippen LogP contribution in [0.25, 0.3) is 0 Å². The van der Waals surface area contributed by atoms with E-state index in [1.165, 1.54) is 85.0 Å². The summed E-state index contributed by atoms with van der Waals surface area (Å²) >= 11 is 13.2. The fourth-order valence-electron chi connectivity index (χ4n) is 5.81. The van der Waals surface area contributed by atoms with E-state index in [-0.39, 0.29) is 5.92 Å². The Kier molecular flexibility index (Phi) is 13.9. The molecule has 3 aromatic carbocycles. The summed E-state index contributed by atoms with van der Waals surface area (Å²) in [6, 6.07) is 20.0. The van der Waals surface area contributed by atoms with Gasteiger partial charge in [0.15, 0.2) is 0 Å². The molecule has 0 spiro atoms. The van der Waals surface area contributed by atoms with Gasteiger partial charge in [0.05, 0.1) is 0 Å². The molecule has 0 saturated heterocycles. The van der Waals surface area contributed by atoms with Crippen LogP contribution in [0.4, 0.5) is 11.4 Å². The van der Waals surface area contributed by atoms with Crippen LogP contribution >= 0.6 is 23.2 Å². The van der Waals surface area contributed by atoms with E-state index in [0.717, 1.165) is 31.7 Å². The van der Waals surface area contributed by atoms with Crippen molar-refractivity contribution in [3.8, 4) is 0 Å². The standard InChI is InChI=1S/C37H52Cl2N2/c1-7-11-21-40(22-12-8-2)35-19-15-30(25-28(35)5)37(33-18-17-32(38)27-34(33)39)31-16-20-36(29(6)26-31)41(23-13-9-3)24-14-10-4/h15-20,25-27,37H,7-14,21-24H2,1-6H3. The first kappa shape index (κ1) is 33.3. The van der Waals surface area contributed by atoms with Crippen molar-refractivity contribution in [2.75, 3.05) is 36.0 Å². The van der Waals surface area contributed by atoms with Crippen LogP contribution in [-0.4, -0.2) is 26.2 Å². The fourth-order valence-corrected chi connectivity index (χ4v) is 6.33. The van der Waals surface area contributed by atoms with Crippen molar-refractivity contribution in [2.45, 2.75) is 98.8 Å². The fraction of sp³-hybridized carbons (Fsp3) is 0.514. The van der Waals surface area contributed by atoms with Gasteiger partial charge in [-0.15, -0.1) is 0 Å². The third-order valence-corrected chi connectivity index (χ3v) is 8.75. The Hall–Kier alpha value is -2.16. The van der Waals surface area contributed by atoms with E-state index in [1.54, 1.807) is 0 Å². The third kappa shape index (κ3) is 9.16. The molecule has 0 radical (unpaired) electrons. The van der Waals surface area contributed by atoms with Crippen LogP contribution in [0.15, 0.2) is 54.6 Å². The maximum absolute atomic E-state index is 6.89. The van der Waals surface area contributed by atoms with Crippen LogP contribution in [0.1, 0.15) is 113 Å². The van der Waals surface area contributed by atoms with Gasteiger partial charge in [-0.25, -0.2) is 0 Å². The molecule has 0 N–H and O–H groups in total. The SMILES string of the molecule is CCCCN(CCCC)c1ccc(C(c2ccc(N(CCCC)CCCC)c(C)c2)c2ccc(Cl)cc2Cl)cc1C. The van der Waals surface area contributed by atoms with Crippen LogP contribution in [0.5, 0.6) is 0 Å². The van der Waals surface area contributed by atoms with Crippen LogP contribution in [0.2, 0.25) is 10.0 Å². The Bertz CT molecular complexity index is 1140. The van der Waals surface area contributed by atoms with Gasteiger partial charge >= 0.3 is 0 Å². The van der Waals surface area contributed by atoms with Crippen molar-refractivity contribution >= 4 is 34.6 Å². The number of unbranched alkanes of at least 4 members (excludes halogenated alkanes) is 4. The monoisotopic (exact) mass is 594 g/mol. The first-order valence-electron chi connectivity index (χ1n) is 16.0. The largest absolute Gasteiger partial charge is 0.371 e. The Morgan fingerprint density at radius 1 is 0.561 bits per heavy atom. The highest BCUT2D eigenvalue weighted by atomic mass is 35.5. The zero-order valence-electron chi connectivity index (χ0n) is 26.4. The minimum atomic E-state index is 0.0275. The Morgan fingerprint density at radius 3 is 1.32 bits per heavy atom. The average molecular weight is 596 g/mol. The summed E-state index contributed by atoms with van der Waals surface area (Å²) < 4.78 is 0. The zero-order valence-corrected chi connectivity index (χ0v) is 27.9. The molecule has 224 valence electrons. The molecular formula is C37H52Cl2N2. The summed E-state index contributed by atoms with van der Waals surface area (Å²) in [4.78, 5) is 5.16. The summed E-state index contributed by atoms with van der Waals surface area (Å²) in [7, 11) is 0. The molecule has 0 saturated carbocycles. The first-order chi connectivity index (χ1) is 19.8. The lowest BCUT2D eigenvalue weighted by Gasteiger charge is -2.29. The molecule has 0 bridgehead atoms. The van der Waals surface area contributed by atoms with E-state index in [1.807, 2.05) is 12.1 Å². The Balaban J connectivity index is 2.07. The molecule has 0 amide bonds. The van der Waals surface area contributed by atoms with Gasteiger partial charge in [0.1, 0.15) is 0 Å². The smallest absolute Gasteiger partial charge is 0.0462 e. The molecule has 0 fully saturated rings. The van der Waals surface area contributed by atoms with E-state index in [9.17, 15) is 0 Å². The van der Waals surface area contributed by atoms with Gasteiger partial charge in [0, 0.05) is 53.5 Å². The maximum Gasteiger partial charge on any atom is 0.0462 e. The summed E-state index contributed by atoms with van der Waals surface area (Å²) in [5.74, 6) is 0.0275. The molecule has 3 rings (SSSR count). The summed E-state index contributed by atoms with van der Waals surface area (Å²) in [5.41, 5.74) is 8.98. The number of nitrogens with zero attached hydrogens (tertiary/aromatic N) is 2.